The molecule has 0 saturated heterocycles. The first-order valence-electron chi connectivity index (χ1n) is 6.59. The van der Waals surface area contributed by atoms with Crippen molar-refractivity contribution in [2.75, 3.05) is 0 Å². The summed E-state index contributed by atoms with van der Waals surface area (Å²) in [5, 5.41) is 28.9. The van der Waals surface area contributed by atoms with Gasteiger partial charge in [-0.05, 0) is 24.3 Å². The van der Waals surface area contributed by atoms with Crippen LogP contribution in [0.15, 0.2) is 42.6 Å². The number of hydrogen-bond acceptors (Lipinski definition) is 5. The molecule has 8 nitrogen and oxygen atoms in total. The predicted molar refractivity (Wildman–Crippen MR) is 86.0 cm³/mol. The number of H-pyrrole nitrogens is 1. The standard InChI is InChI=1S/C16H10N4O3.H2O/c17-8-10(15-19-11-5-1-2-6-12(11)20-15)14(21)9-4-3-7-18-13(9)16(22)23;/h1-7,21H,(H,19,20)(H,22,23);1H2/b14-10-;. The molecule has 0 spiro atoms. The first kappa shape index (κ1) is 16.7. The molecule has 3 aromatic rings. The Balaban J connectivity index is 0.00000208. The number of para-hydroxylation sites is 2. The average Bonchev–Trinajstić information content (AvgIpc) is 2.99. The molecule has 2 aromatic heterocycles. The number of nitrogens with zero attached hydrogens (tertiary/aromatic N) is 3. The second kappa shape index (κ2) is 6.60. The molecule has 3 rings (SSSR count). The van der Waals surface area contributed by atoms with Gasteiger partial charge in [-0.2, -0.15) is 5.26 Å². The Morgan fingerprint density at radius 2 is 1.92 bits per heavy atom. The minimum atomic E-state index is -1.30. The number of carboxylic acids is 1. The molecule has 0 unspecified atom stereocenters. The highest BCUT2D eigenvalue weighted by molar-refractivity contribution is 5.99. The summed E-state index contributed by atoms with van der Waals surface area (Å²) in [4.78, 5) is 22.1. The molecule has 0 amide bonds. The summed E-state index contributed by atoms with van der Waals surface area (Å²) in [5.41, 5.74) is 0.794. The van der Waals surface area contributed by atoms with E-state index in [1.54, 1.807) is 18.2 Å². The number of hydrogen-bond donors (Lipinski definition) is 3. The van der Waals surface area contributed by atoms with Crippen molar-refractivity contribution in [2.24, 2.45) is 0 Å². The van der Waals surface area contributed by atoms with E-state index < -0.39 is 11.7 Å². The molecule has 8 heteroatoms. The summed E-state index contributed by atoms with van der Waals surface area (Å²) in [6, 6.07) is 11.9. The number of aliphatic hydroxyl groups is 1. The first-order chi connectivity index (χ1) is 11.1. The normalized spacial score (nSPS) is 11.3. The molecule has 0 aliphatic heterocycles. The smallest absolute Gasteiger partial charge is 0.355 e. The largest absolute Gasteiger partial charge is 0.506 e. The topological polar surface area (TPSA) is 154 Å². The number of nitriles is 1. The number of fused-ring (bicyclic) bond motifs is 1. The van der Waals surface area contributed by atoms with Gasteiger partial charge in [0.25, 0.3) is 0 Å². The van der Waals surface area contributed by atoms with E-state index in [2.05, 4.69) is 15.0 Å². The van der Waals surface area contributed by atoms with Crippen LogP contribution in [0.5, 0.6) is 0 Å². The molecule has 0 fully saturated rings. The molecule has 0 aliphatic rings. The minimum Gasteiger partial charge on any atom is -0.506 e. The van der Waals surface area contributed by atoms with Crippen molar-refractivity contribution < 1.29 is 20.5 Å². The van der Waals surface area contributed by atoms with Crippen LogP contribution in [0.25, 0.3) is 22.4 Å². The fourth-order valence-electron chi connectivity index (χ4n) is 2.19. The Bertz CT molecular complexity index is 952. The lowest BCUT2D eigenvalue weighted by molar-refractivity contribution is 0.0689. The molecule has 120 valence electrons. The van der Waals surface area contributed by atoms with E-state index in [0.29, 0.717) is 11.0 Å². The van der Waals surface area contributed by atoms with Crippen molar-refractivity contribution >= 4 is 28.3 Å². The number of aromatic carboxylic acids is 1. The number of carboxylic acid groups (broad SMARTS) is 1. The quantitative estimate of drug-likeness (QED) is 0.492. The Labute approximate surface area is 135 Å². The van der Waals surface area contributed by atoms with Crippen LogP contribution in [0.4, 0.5) is 0 Å². The zero-order valence-electron chi connectivity index (χ0n) is 12.2. The number of pyridine rings is 1. The van der Waals surface area contributed by atoms with Gasteiger partial charge in [0.05, 0.1) is 16.6 Å². The highest BCUT2D eigenvalue weighted by Gasteiger charge is 2.20. The van der Waals surface area contributed by atoms with Gasteiger partial charge in [0.15, 0.2) is 11.5 Å². The van der Waals surface area contributed by atoms with Crippen LogP contribution in [0, 0.1) is 11.3 Å². The van der Waals surface area contributed by atoms with Gasteiger partial charge in [0.1, 0.15) is 17.4 Å². The maximum Gasteiger partial charge on any atom is 0.355 e. The van der Waals surface area contributed by atoms with Gasteiger partial charge >= 0.3 is 5.97 Å². The zero-order valence-corrected chi connectivity index (χ0v) is 12.2. The van der Waals surface area contributed by atoms with E-state index >= 15 is 0 Å². The van der Waals surface area contributed by atoms with E-state index in [1.165, 1.54) is 18.3 Å². The van der Waals surface area contributed by atoms with Crippen molar-refractivity contribution in [1.82, 2.24) is 15.0 Å². The van der Waals surface area contributed by atoms with Gasteiger partial charge in [-0.3, -0.25) is 0 Å². The summed E-state index contributed by atoms with van der Waals surface area (Å²) in [6.07, 6.45) is 1.30. The zero-order chi connectivity index (χ0) is 16.4. The van der Waals surface area contributed by atoms with Gasteiger partial charge in [0, 0.05) is 6.20 Å². The van der Waals surface area contributed by atoms with E-state index in [0.717, 1.165) is 0 Å². The lowest BCUT2D eigenvalue weighted by atomic mass is 10.1. The summed E-state index contributed by atoms with van der Waals surface area (Å²) in [7, 11) is 0. The van der Waals surface area contributed by atoms with Gasteiger partial charge in [-0.1, -0.05) is 12.1 Å². The maximum atomic E-state index is 11.2. The highest BCUT2D eigenvalue weighted by Crippen LogP contribution is 2.25. The van der Waals surface area contributed by atoms with Gasteiger partial charge in [0.2, 0.25) is 0 Å². The van der Waals surface area contributed by atoms with Crippen molar-refractivity contribution in [2.45, 2.75) is 0 Å². The third kappa shape index (κ3) is 2.79. The van der Waals surface area contributed by atoms with E-state index in [-0.39, 0.29) is 28.1 Å². The van der Waals surface area contributed by atoms with E-state index in [9.17, 15) is 15.2 Å². The van der Waals surface area contributed by atoms with Crippen LogP contribution in [-0.2, 0) is 0 Å². The Kier molecular flexibility index (Phi) is 4.58. The van der Waals surface area contributed by atoms with Crippen molar-refractivity contribution in [1.29, 1.82) is 5.26 Å². The van der Waals surface area contributed by atoms with Crippen LogP contribution >= 0.6 is 0 Å². The van der Waals surface area contributed by atoms with Gasteiger partial charge in [-0.15, -0.1) is 0 Å². The number of rotatable bonds is 3. The van der Waals surface area contributed by atoms with Crippen LogP contribution in [-0.4, -0.2) is 36.6 Å². The molecule has 0 radical (unpaired) electrons. The van der Waals surface area contributed by atoms with Crippen molar-refractivity contribution in [3.63, 3.8) is 0 Å². The number of aromatic nitrogens is 3. The number of carbonyl (C=O) groups is 1. The Morgan fingerprint density at radius 1 is 1.17 bits per heavy atom. The second-order valence-electron chi connectivity index (χ2n) is 4.64. The molecule has 1 aromatic carbocycles. The van der Waals surface area contributed by atoms with Gasteiger partial charge in [-0.25, -0.2) is 14.8 Å². The molecule has 0 aliphatic carbocycles. The summed E-state index contributed by atoms with van der Waals surface area (Å²) >= 11 is 0. The summed E-state index contributed by atoms with van der Waals surface area (Å²) < 4.78 is 0. The molecular weight excluding hydrogens is 312 g/mol. The second-order valence-corrected chi connectivity index (χ2v) is 4.64. The molecule has 0 atom stereocenters. The lowest BCUT2D eigenvalue weighted by Crippen LogP contribution is -2.06. The van der Waals surface area contributed by atoms with Gasteiger partial charge < -0.3 is 20.7 Å². The molecule has 2 heterocycles. The summed E-state index contributed by atoms with van der Waals surface area (Å²) in [5.74, 6) is -1.63. The van der Waals surface area contributed by atoms with E-state index in [1.807, 2.05) is 12.1 Å². The number of nitrogens with one attached hydrogen (secondary N) is 1. The van der Waals surface area contributed by atoms with Crippen LogP contribution in [0.1, 0.15) is 21.9 Å². The molecule has 5 N–H and O–H groups in total. The third-order valence-electron chi connectivity index (χ3n) is 3.24. The van der Waals surface area contributed by atoms with Crippen LogP contribution < -0.4 is 0 Å². The van der Waals surface area contributed by atoms with E-state index in [4.69, 9.17) is 5.11 Å². The number of benzene rings is 1. The van der Waals surface area contributed by atoms with Crippen molar-refractivity contribution in [3.8, 4) is 6.07 Å². The third-order valence-corrected chi connectivity index (χ3v) is 3.24. The van der Waals surface area contributed by atoms with Crippen LogP contribution in [0.2, 0.25) is 0 Å². The molecule has 24 heavy (non-hydrogen) atoms. The first-order valence-corrected chi connectivity index (χ1v) is 6.59. The minimum absolute atomic E-state index is 0. The fraction of sp³-hybridized carbons (Fsp3) is 0. The average molecular weight is 324 g/mol. The van der Waals surface area contributed by atoms with Crippen LogP contribution in [0.3, 0.4) is 0 Å². The monoisotopic (exact) mass is 324 g/mol. The Morgan fingerprint density at radius 3 is 2.58 bits per heavy atom. The predicted octanol–water partition coefficient (Wildman–Crippen LogP) is 1.78. The number of imidazole rings is 1. The maximum absolute atomic E-state index is 11.2. The number of aromatic amines is 1. The number of allylic oxidation sites excluding steroid dienone is 1. The van der Waals surface area contributed by atoms with Crippen molar-refractivity contribution in [3.05, 3.63) is 59.7 Å². The SMILES string of the molecule is N#C/C(=C(/O)c1cccnc1C(=O)O)c1nc2ccccc2[nH]1.O. The number of aliphatic hydroxyl groups excluding tert-OH is 1. The molecule has 0 bridgehead atoms. The summed E-state index contributed by atoms with van der Waals surface area (Å²) in [6.45, 7) is 0. The Hall–Kier alpha value is -3.70. The molecule has 0 saturated carbocycles. The lowest BCUT2D eigenvalue weighted by Gasteiger charge is -2.05. The fourth-order valence-corrected chi connectivity index (χ4v) is 2.19. The highest BCUT2D eigenvalue weighted by atomic mass is 16.4. The molecular formula is C16H12N4O4.